The lowest BCUT2D eigenvalue weighted by atomic mass is 10.1. The molecule has 9 heavy (non-hydrogen) atoms. The number of carbonyl (C=O) groups excluding carboxylic acids is 1. The van der Waals surface area contributed by atoms with E-state index in [1.807, 2.05) is 0 Å². The first-order valence-electron chi connectivity index (χ1n) is 4.40. The Kier molecular flexibility index (Phi) is 2.71. The normalized spacial score (nSPS) is 16.1. The number of carbonyl (C=O) groups is 1. The van der Waals surface area contributed by atoms with E-state index in [4.69, 9.17) is 2.78 Å². The molecule has 0 aliphatic rings. The Hall–Kier alpha value is -0.370. The summed E-state index contributed by atoms with van der Waals surface area (Å²) < 4.78 is 13.7. The van der Waals surface area contributed by atoms with Crippen LogP contribution in [0.1, 0.15) is 34.5 Å². The predicted molar refractivity (Wildman–Crippen MR) is 38.2 cm³/mol. The van der Waals surface area contributed by atoms with Gasteiger partial charge in [-0.2, -0.15) is 0 Å². The van der Waals surface area contributed by atoms with Gasteiger partial charge in [-0.3, -0.25) is 4.79 Å². The molecule has 1 atom stereocenters. The van der Waals surface area contributed by atoms with E-state index < -0.39 is 0 Å². The van der Waals surface area contributed by atoms with Gasteiger partial charge in [-0.1, -0.05) is 19.7 Å². The van der Waals surface area contributed by atoms with Gasteiger partial charge in [-0.25, -0.2) is 0 Å². The van der Waals surface area contributed by atoms with Crippen LogP contribution >= 0.6 is 0 Å². The quantitative estimate of drug-likeness (QED) is 0.567. The first kappa shape index (κ1) is 5.42. The van der Waals surface area contributed by atoms with E-state index >= 15 is 0 Å². The van der Waals surface area contributed by atoms with Gasteiger partial charge in [0.05, 0.1) is 6.04 Å². The summed E-state index contributed by atoms with van der Waals surface area (Å²) in [6, 6.07) is -0.332. The van der Waals surface area contributed by atoms with Gasteiger partial charge in [0.25, 0.3) is 0 Å². The fourth-order valence-electron chi connectivity index (χ4n) is 0.552. The average molecular weight is 131 g/mol. The molecule has 0 saturated heterocycles. The van der Waals surface area contributed by atoms with E-state index in [9.17, 15) is 4.79 Å². The molecule has 0 bridgehead atoms. The van der Waals surface area contributed by atoms with E-state index in [0.717, 1.165) is 12.8 Å². The summed E-state index contributed by atoms with van der Waals surface area (Å²) in [5.74, 6) is 0.00461. The van der Waals surface area contributed by atoms with Gasteiger partial charge in [0.2, 0.25) is 0 Å². The molecule has 0 amide bonds. The summed E-state index contributed by atoms with van der Waals surface area (Å²) in [6.45, 7) is 1.88. The van der Waals surface area contributed by atoms with Crippen LogP contribution < -0.4 is 5.73 Å². The lowest BCUT2D eigenvalue weighted by Crippen LogP contribution is -2.27. The van der Waals surface area contributed by atoms with Crippen LogP contribution in [-0.2, 0) is 4.79 Å². The summed E-state index contributed by atoms with van der Waals surface area (Å²) in [4.78, 5) is 10.7. The molecule has 0 saturated carbocycles. The third kappa shape index (κ3) is 4.15. The van der Waals surface area contributed by atoms with E-state index in [0.29, 0.717) is 13.3 Å². The molecule has 0 spiro atoms. The maximum absolute atomic E-state index is 10.7. The maximum atomic E-state index is 10.7. The zero-order chi connectivity index (χ0) is 8.69. The van der Waals surface area contributed by atoms with Crippen molar-refractivity contribution in [1.29, 1.82) is 0 Å². The lowest BCUT2D eigenvalue weighted by molar-refractivity contribution is -0.118. The molecule has 0 heterocycles. The first-order valence-corrected chi connectivity index (χ1v) is 3.19. The van der Waals surface area contributed by atoms with E-state index in [1.165, 1.54) is 6.92 Å². The lowest BCUT2D eigenvalue weighted by Gasteiger charge is -2.04. The molecular weight excluding hydrogens is 114 g/mol. The first-order chi connectivity index (χ1) is 5.22. The Balaban J connectivity index is 3.44. The van der Waals surface area contributed by atoms with Gasteiger partial charge in [0.1, 0.15) is 7.20 Å². The Morgan fingerprint density at radius 2 is 2.78 bits per heavy atom. The zero-order valence-corrected chi connectivity index (χ0v) is 5.81. The number of ketones is 1. The molecular formula is C7H15NO. The molecule has 54 valence electrons. The molecule has 2 heteroatoms. The largest absolute Gasteiger partial charge is 0.322 e. The van der Waals surface area contributed by atoms with Crippen molar-refractivity contribution in [3.63, 3.8) is 0 Å². The van der Waals surface area contributed by atoms with Gasteiger partial charge < -0.3 is 5.73 Å². The number of rotatable bonds is 5. The van der Waals surface area contributed by atoms with E-state index in [-0.39, 0.29) is 11.8 Å². The molecule has 2 nitrogen and oxygen atoms in total. The number of unbranched alkanes of at least 4 members (excludes halogenated alkanes) is 1. The Morgan fingerprint density at radius 1 is 2.00 bits per heavy atom. The van der Waals surface area contributed by atoms with Gasteiger partial charge >= 0.3 is 0 Å². The van der Waals surface area contributed by atoms with Crippen molar-refractivity contribution >= 4 is 5.78 Å². The molecule has 0 aliphatic heterocycles. The monoisotopic (exact) mass is 131 g/mol. The second-order valence-corrected chi connectivity index (χ2v) is 2.16. The number of Topliss-reactive ketones (excluding diaryl/α,β-unsaturated/α-hetero) is 1. The molecule has 0 aromatic carbocycles. The highest BCUT2D eigenvalue weighted by Crippen LogP contribution is 1.97. The molecule has 1 unspecified atom stereocenters. The Labute approximate surface area is 59.3 Å². The summed E-state index contributed by atoms with van der Waals surface area (Å²) >= 11 is 0. The van der Waals surface area contributed by atoms with Crippen LogP contribution in [0.3, 0.4) is 0 Å². The highest BCUT2D eigenvalue weighted by molar-refractivity contribution is 5.80. The van der Waals surface area contributed by atoms with Crippen molar-refractivity contribution < 1.29 is 7.58 Å². The highest BCUT2D eigenvalue weighted by Gasteiger charge is 2.05. The van der Waals surface area contributed by atoms with Crippen molar-refractivity contribution in [2.45, 2.75) is 39.1 Å². The van der Waals surface area contributed by atoms with Crippen molar-refractivity contribution in [1.82, 2.24) is 0 Å². The molecule has 0 radical (unpaired) electrons. The van der Waals surface area contributed by atoms with Crippen LogP contribution in [-0.4, -0.2) is 11.8 Å². The van der Waals surface area contributed by atoms with Crippen LogP contribution in [0, 0.1) is 0 Å². The minimum Gasteiger partial charge on any atom is -0.322 e. The smallest absolute Gasteiger partial charge is 0.146 e. The molecule has 0 fully saturated rings. The second kappa shape index (κ2) is 4.50. The van der Waals surface area contributed by atoms with Crippen molar-refractivity contribution in [2.24, 2.45) is 5.73 Å². The Bertz CT molecular complexity index is 119. The molecule has 0 aliphatic carbocycles. The average Bonchev–Trinajstić information content (AvgIpc) is 1.97. The van der Waals surface area contributed by atoms with Gasteiger partial charge in [-0.15, -0.1) is 0 Å². The summed E-state index contributed by atoms with van der Waals surface area (Å²) in [7, 11) is 0. The predicted octanol–water partition coefficient (Wildman–Crippen LogP) is 1.09. The van der Waals surface area contributed by atoms with Crippen molar-refractivity contribution in [3.05, 3.63) is 0 Å². The van der Waals surface area contributed by atoms with Crippen molar-refractivity contribution in [3.8, 4) is 0 Å². The van der Waals surface area contributed by atoms with Crippen LogP contribution in [0.4, 0.5) is 0 Å². The van der Waals surface area contributed by atoms with Gasteiger partial charge in [0.15, 0.2) is 0 Å². The minimum atomic E-state index is -0.332. The van der Waals surface area contributed by atoms with E-state index in [2.05, 4.69) is 5.73 Å². The van der Waals surface area contributed by atoms with Gasteiger partial charge in [-0.05, 0) is 13.3 Å². The fourth-order valence-corrected chi connectivity index (χ4v) is 0.552. The number of hydrogen-bond acceptors (Lipinski definition) is 2. The number of hydrogen-bond donors (Lipinski definition) is 1. The van der Waals surface area contributed by atoms with Crippen LogP contribution in [0.2, 0.25) is 1.41 Å². The standard InChI is InChI=1S/C7H15NO/c1-3-4-5-7(8)6(2)9/h7H,3-5,8H2,1-2H3/i1D/hD. The molecule has 0 aromatic rings. The van der Waals surface area contributed by atoms with Gasteiger partial charge in [0, 0.05) is 1.37 Å². The van der Waals surface area contributed by atoms with E-state index in [1.54, 1.807) is 0 Å². The molecule has 2 N–H and O–H groups in total. The van der Waals surface area contributed by atoms with Crippen molar-refractivity contribution in [2.75, 3.05) is 0 Å². The fraction of sp³-hybridized carbons (Fsp3) is 0.857. The third-order valence-electron chi connectivity index (χ3n) is 1.23. The third-order valence-corrected chi connectivity index (χ3v) is 1.23. The SMILES string of the molecule is [2H]CCCCC(N[2H])C(C)=O. The topological polar surface area (TPSA) is 43.1 Å². The van der Waals surface area contributed by atoms with Crippen LogP contribution in [0.25, 0.3) is 0 Å². The summed E-state index contributed by atoms with van der Waals surface area (Å²) in [5.41, 5.74) is 2.20. The maximum Gasteiger partial charge on any atom is 0.146 e. The number of nitrogens with two attached hydrogens (primary N) is 1. The summed E-state index contributed by atoms with van der Waals surface area (Å²) in [6.07, 6.45) is 2.34. The second-order valence-electron chi connectivity index (χ2n) is 2.16. The zero-order valence-electron chi connectivity index (χ0n) is 7.81. The summed E-state index contributed by atoms with van der Waals surface area (Å²) in [5, 5.41) is 0. The highest BCUT2D eigenvalue weighted by atomic mass is 16.1. The molecule has 0 aromatic heterocycles. The van der Waals surface area contributed by atoms with Crippen LogP contribution in [0.5, 0.6) is 0 Å². The minimum absolute atomic E-state index is 0.00461. The van der Waals surface area contributed by atoms with Crippen LogP contribution in [0.15, 0.2) is 0 Å². The Morgan fingerprint density at radius 3 is 3.22 bits per heavy atom. The molecule has 0 rings (SSSR count).